The minimum atomic E-state index is -0.114. The Bertz CT molecular complexity index is 1280. The van der Waals surface area contributed by atoms with Crippen LogP contribution in [0.1, 0.15) is 28.7 Å². The molecule has 0 spiro atoms. The third kappa shape index (κ3) is 5.85. The van der Waals surface area contributed by atoms with Gasteiger partial charge in [-0.1, -0.05) is 41.4 Å². The van der Waals surface area contributed by atoms with Crippen molar-refractivity contribution in [3.8, 4) is 0 Å². The molecule has 33 heavy (non-hydrogen) atoms. The number of benzene rings is 3. The smallest absolute Gasteiger partial charge is 0.234 e. The molecule has 0 bridgehead atoms. The predicted octanol–water partition coefficient (Wildman–Crippen LogP) is 7.85. The molecule has 0 saturated carbocycles. The van der Waals surface area contributed by atoms with Gasteiger partial charge in [-0.05, 0) is 79.4 Å². The van der Waals surface area contributed by atoms with Crippen LogP contribution in [-0.2, 0) is 4.79 Å². The van der Waals surface area contributed by atoms with Crippen molar-refractivity contribution >= 4 is 68.7 Å². The summed E-state index contributed by atoms with van der Waals surface area (Å²) in [6.07, 6.45) is 0.530. The molecule has 0 radical (unpaired) electrons. The van der Waals surface area contributed by atoms with E-state index in [0.717, 1.165) is 44.4 Å². The number of hydrogen-bond acceptors (Lipinski definition) is 4. The lowest BCUT2D eigenvalue weighted by Gasteiger charge is -2.09. The topological polar surface area (TPSA) is 53.8 Å². The number of carbonyl (C=O) groups is 1. The first kappa shape index (κ1) is 23.6. The molecule has 1 amide bonds. The lowest BCUT2D eigenvalue weighted by Crippen LogP contribution is -2.16. The number of thioether (sulfide) groups is 1. The molecule has 1 heterocycles. The second-order valence-corrected chi connectivity index (χ2v) is 9.87. The first-order chi connectivity index (χ1) is 15.8. The molecule has 1 aliphatic heterocycles. The largest absolute Gasteiger partial charge is 0.325 e. The fraction of sp³-hybridized carbons (Fsp3) is 0.192. The van der Waals surface area contributed by atoms with Gasteiger partial charge in [-0.2, -0.15) is 0 Å². The highest BCUT2D eigenvalue weighted by Gasteiger charge is 2.18. The molecule has 0 aromatic heterocycles. The Morgan fingerprint density at radius 2 is 1.58 bits per heavy atom. The van der Waals surface area contributed by atoms with E-state index in [4.69, 9.17) is 33.2 Å². The van der Waals surface area contributed by atoms with Crippen LogP contribution in [-0.4, -0.2) is 22.4 Å². The number of halogens is 2. The fourth-order valence-corrected chi connectivity index (χ4v) is 4.45. The van der Waals surface area contributed by atoms with Crippen LogP contribution in [0.4, 0.5) is 17.1 Å². The van der Waals surface area contributed by atoms with Crippen LogP contribution < -0.4 is 5.32 Å². The van der Waals surface area contributed by atoms with Gasteiger partial charge in [0.15, 0.2) is 0 Å². The molecule has 168 valence electrons. The van der Waals surface area contributed by atoms with Crippen LogP contribution >= 0.6 is 35.0 Å². The van der Waals surface area contributed by atoms with E-state index in [-0.39, 0.29) is 11.7 Å². The van der Waals surface area contributed by atoms with E-state index in [1.165, 1.54) is 11.8 Å². The highest BCUT2D eigenvalue weighted by atomic mass is 35.5. The van der Waals surface area contributed by atoms with Crippen molar-refractivity contribution in [1.82, 2.24) is 0 Å². The van der Waals surface area contributed by atoms with Crippen LogP contribution in [0.3, 0.4) is 0 Å². The Kier molecular flexibility index (Phi) is 7.23. The quantitative estimate of drug-likeness (QED) is 0.400. The molecule has 1 aliphatic rings. The Hall–Kier alpha value is -2.60. The minimum absolute atomic E-state index is 0.114. The first-order valence-electron chi connectivity index (χ1n) is 10.5. The van der Waals surface area contributed by atoms with Gasteiger partial charge < -0.3 is 5.32 Å². The number of nitrogens with zero attached hydrogens (tertiary/aromatic N) is 2. The van der Waals surface area contributed by atoms with E-state index in [2.05, 4.69) is 25.2 Å². The number of rotatable bonds is 4. The number of aryl methyl sites for hydroxylation is 3. The van der Waals surface area contributed by atoms with Crippen molar-refractivity contribution in [2.75, 3.05) is 11.1 Å². The van der Waals surface area contributed by atoms with E-state index in [1.807, 2.05) is 49.4 Å². The molecule has 3 aromatic rings. The average molecular weight is 496 g/mol. The van der Waals surface area contributed by atoms with Crippen molar-refractivity contribution in [2.45, 2.75) is 27.2 Å². The highest BCUT2D eigenvalue weighted by molar-refractivity contribution is 8.14. The summed E-state index contributed by atoms with van der Waals surface area (Å²) in [6, 6.07) is 17.2. The SMILES string of the molecule is Cc1cc2c(cc1C)N=C(c1ccc(Cl)cc1)CC(SCC(=O)Nc1ccc(C)c(Cl)c1)=N2. The van der Waals surface area contributed by atoms with E-state index in [0.29, 0.717) is 22.2 Å². The molecule has 0 fully saturated rings. The maximum atomic E-state index is 12.6. The summed E-state index contributed by atoms with van der Waals surface area (Å²) in [5, 5.41) is 5.04. The summed E-state index contributed by atoms with van der Waals surface area (Å²) < 4.78 is 0. The normalized spacial score (nSPS) is 13.0. The zero-order chi connectivity index (χ0) is 23.5. The summed E-state index contributed by atoms with van der Waals surface area (Å²) >= 11 is 13.7. The fourth-order valence-electron chi connectivity index (χ4n) is 3.38. The van der Waals surface area contributed by atoms with Crippen molar-refractivity contribution in [3.05, 3.63) is 86.9 Å². The van der Waals surface area contributed by atoms with Gasteiger partial charge in [0.1, 0.15) is 0 Å². The summed E-state index contributed by atoms with van der Waals surface area (Å²) in [4.78, 5) is 22.4. The zero-order valence-corrected chi connectivity index (χ0v) is 20.9. The Balaban J connectivity index is 1.57. The van der Waals surface area contributed by atoms with Crippen LogP contribution in [0.25, 0.3) is 0 Å². The minimum Gasteiger partial charge on any atom is -0.325 e. The summed E-state index contributed by atoms with van der Waals surface area (Å²) in [6.45, 7) is 6.06. The molecule has 0 aliphatic carbocycles. The monoisotopic (exact) mass is 495 g/mol. The van der Waals surface area contributed by atoms with E-state index in [1.54, 1.807) is 6.07 Å². The molecule has 0 saturated heterocycles. The summed E-state index contributed by atoms with van der Waals surface area (Å²) in [5.74, 6) is 0.121. The number of fused-ring (bicyclic) bond motifs is 1. The predicted molar refractivity (Wildman–Crippen MR) is 143 cm³/mol. The highest BCUT2D eigenvalue weighted by Crippen LogP contribution is 2.36. The van der Waals surface area contributed by atoms with Crippen LogP contribution in [0.15, 0.2) is 64.6 Å². The molecule has 0 atom stereocenters. The molecular formula is C26H23Cl2N3OS. The maximum absolute atomic E-state index is 12.6. The molecule has 4 nitrogen and oxygen atoms in total. The third-order valence-electron chi connectivity index (χ3n) is 5.41. The number of hydrogen-bond donors (Lipinski definition) is 1. The Morgan fingerprint density at radius 1 is 0.909 bits per heavy atom. The van der Waals surface area contributed by atoms with Gasteiger partial charge in [0.2, 0.25) is 5.91 Å². The van der Waals surface area contributed by atoms with Crippen molar-refractivity contribution in [2.24, 2.45) is 9.98 Å². The van der Waals surface area contributed by atoms with E-state index < -0.39 is 0 Å². The number of amides is 1. The number of nitrogens with one attached hydrogen (secondary N) is 1. The number of carbonyl (C=O) groups excluding carboxylic acids is 1. The van der Waals surface area contributed by atoms with Gasteiger partial charge in [-0.3, -0.25) is 9.79 Å². The lowest BCUT2D eigenvalue weighted by atomic mass is 10.1. The molecular weight excluding hydrogens is 473 g/mol. The standard InChI is InChI=1S/C26H23Cl2N3OS/c1-15-4-9-20(12-21(15)28)29-25(32)14-33-26-13-22(18-5-7-19(27)8-6-18)30-23-10-16(2)17(3)11-24(23)31-26/h4-12H,13-14H2,1-3H3,(H,29,32). The van der Waals surface area contributed by atoms with Gasteiger partial charge in [-0.15, -0.1) is 11.8 Å². The zero-order valence-electron chi connectivity index (χ0n) is 18.6. The lowest BCUT2D eigenvalue weighted by molar-refractivity contribution is -0.113. The molecule has 7 heteroatoms. The van der Waals surface area contributed by atoms with Crippen LogP contribution in [0.5, 0.6) is 0 Å². The Morgan fingerprint density at radius 3 is 2.24 bits per heavy atom. The van der Waals surface area contributed by atoms with E-state index in [9.17, 15) is 4.79 Å². The Labute approximate surface area is 208 Å². The summed E-state index contributed by atoms with van der Waals surface area (Å²) in [5.41, 5.74) is 7.49. The van der Waals surface area contributed by atoms with Gasteiger partial charge in [0.25, 0.3) is 0 Å². The van der Waals surface area contributed by atoms with Gasteiger partial charge in [-0.25, -0.2) is 4.99 Å². The van der Waals surface area contributed by atoms with Crippen LogP contribution in [0, 0.1) is 20.8 Å². The molecule has 3 aromatic carbocycles. The van der Waals surface area contributed by atoms with Crippen molar-refractivity contribution in [1.29, 1.82) is 0 Å². The van der Waals surface area contributed by atoms with Gasteiger partial charge in [0.05, 0.1) is 27.9 Å². The third-order valence-corrected chi connectivity index (χ3v) is 7.05. The average Bonchev–Trinajstić information content (AvgIpc) is 2.95. The van der Waals surface area contributed by atoms with E-state index >= 15 is 0 Å². The van der Waals surface area contributed by atoms with Crippen molar-refractivity contribution in [3.63, 3.8) is 0 Å². The maximum Gasteiger partial charge on any atom is 0.234 e. The molecule has 4 rings (SSSR count). The second kappa shape index (κ2) is 10.1. The van der Waals surface area contributed by atoms with Gasteiger partial charge >= 0.3 is 0 Å². The van der Waals surface area contributed by atoms with Crippen LogP contribution in [0.2, 0.25) is 10.0 Å². The van der Waals surface area contributed by atoms with Gasteiger partial charge in [0, 0.05) is 22.2 Å². The molecule has 1 N–H and O–H groups in total. The number of aliphatic imine (C=N–C) groups is 2. The second-order valence-electron chi connectivity index (χ2n) is 7.97. The number of anilines is 1. The van der Waals surface area contributed by atoms with Crippen molar-refractivity contribution < 1.29 is 4.79 Å². The first-order valence-corrected chi connectivity index (χ1v) is 12.2. The molecule has 0 unspecified atom stereocenters. The summed E-state index contributed by atoms with van der Waals surface area (Å²) in [7, 11) is 0.